The molecule has 3 heterocycles. The fraction of sp³-hybridized carbons (Fsp3) is 0.474. The van der Waals surface area contributed by atoms with Gasteiger partial charge in [0.1, 0.15) is 22.4 Å². The first-order chi connectivity index (χ1) is 13.4. The first-order valence-electron chi connectivity index (χ1n) is 9.03. The van der Waals surface area contributed by atoms with E-state index in [1.54, 1.807) is 23.0 Å². The van der Waals surface area contributed by atoms with Gasteiger partial charge in [0, 0.05) is 39.0 Å². The zero-order chi connectivity index (χ0) is 20.3. The molecule has 1 unspecified atom stereocenters. The molecular weight excluding hydrogens is 383 g/mol. The third kappa shape index (κ3) is 4.36. The summed E-state index contributed by atoms with van der Waals surface area (Å²) in [5, 5.41) is 1.32. The fourth-order valence-electron chi connectivity index (χ4n) is 3.35. The smallest absolute Gasteiger partial charge is 0.248 e. The number of carbonyl (C=O) groups excluding carboxylic acids is 2. The quantitative estimate of drug-likeness (QED) is 0.763. The molecule has 28 heavy (non-hydrogen) atoms. The third-order valence-electron chi connectivity index (χ3n) is 4.75. The van der Waals surface area contributed by atoms with E-state index < -0.39 is 5.82 Å². The van der Waals surface area contributed by atoms with Gasteiger partial charge in [0.05, 0.1) is 17.8 Å². The van der Waals surface area contributed by atoms with Crippen LogP contribution in [0.1, 0.15) is 18.5 Å². The normalized spacial score (nSPS) is 16.9. The first kappa shape index (κ1) is 20.3. The highest BCUT2D eigenvalue weighted by Gasteiger charge is 2.31. The molecule has 0 aromatic carbocycles. The number of hydrogen-bond donors (Lipinski definition) is 0. The van der Waals surface area contributed by atoms with Crippen molar-refractivity contribution in [1.29, 1.82) is 0 Å². The summed E-state index contributed by atoms with van der Waals surface area (Å²) in [5.74, 6) is -0.845. The largest absolute Gasteiger partial charge is 0.375 e. The lowest BCUT2D eigenvalue weighted by Gasteiger charge is -2.33. The zero-order valence-corrected chi connectivity index (χ0v) is 17.0. The number of anilines is 1. The molecule has 2 aromatic heterocycles. The lowest BCUT2D eigenvalue weighted by atomic mass is 9.96. The summed E-state index contributed by atoms with van der Waals surface area (Å²) in [7, 11) is 3.20. The minimum Gasteiger partial charge on any atom is -0.375 e. The van der Waals surface area contributed by atoms with E-state index in [0.29, 0.717) is 34.4 Å². The van der Waals surface area contributed by atoms with Crippen molar-refractivity contribution in [3.05, 3.63) is 30.0 Å². The van der Waals surface area contributed by atoms with Gasteiger partial charge in [0.25, 0.3) is 0 Å². The number of halogens is 1. The summed E-state index contributed by atoms with van der Waals surface area (Å²) < 4.78 is 18.4. The number of likely N-dealkylation sites (tertiary alicyclic amines) is 1. The van der Waals surface area contributed by atoms with Crippen LogP contribution >= 0.6 is 11.3 Å². The van der Waals surface area contributed by atoms with E-state index in [2.05, 4.69) is 9.97 Å². The van der Waals surface area contributed by atoms with Gasteiger partial charge in [-0.05, 0) is 25.8 Å². The second-order valence-corrected chi connectivity index (χ2v) is 7.79. The Morgan fingerprint density at radius 3 is 2.93 bits per heavy atom. The number of carbonyl (C=O) groups is 2. The number of nitrogens with zero attached hydrogens (tertiary/aromatic N) is 4. The second-order valence-electron chi connectivity index (χ2n) is 6.81. The van der Waals surface area contributed by atoms with Gasteiger partial charge in [0.2, 0.25) is 11.8 Å². The van der Waals surface area contributed by atoms with Crippen LogP contribution in [0.4, 0.5) is 9.39 Å². The maximum atomic E-state index is 13.5. The monoisotopic (exact) mass is 406 g/mol. The van der Waals surface area contributed by atoms with Gasteiger partial charge in [0.15, 0.2) is 0 Å². The summed E-state index contributed by atoms with van der Waals surface area (Å²) in [5.41, 5.74) is 1.28. The summed E-state index contributed by atoms with van der Waals surface area (Å²) in [6.07, 6.45) is 4.20. The molecule has 0 bridgehead atoms. The number of methoxy groups -OCH3 is 1. The predicted molar refractivity (Wildman–Crippen MR) is 105 cm³/mol. The van der Waals surface area contributed by atoms with Crippen molar-refractivity contribution in [2.45, 2.75) is 19.8 Å². The van der Waals surface area contributed by atoms with Gasteiger partial charge in [-0.3, -0.25) is 14.6 Å². The lowest BCUT2D eigenvalue weighted by molar-refractivity contribution is -0.138. The lowest BCUT2D eigenvalue weighted by Crippen LogP contribution is -2.46. The third-order valence-corrected chi connectivity index (χ3v) is 6.03. The summed E-state index contributed by atoms with van der Waals surface area (Å²) in [4.78, 5) is 36.7. The van der Waals surface area contributed by atoms with Crippen molar-refractivity contribution in [3.63, 3.8) is 0 Å². The SMILES string of the molecule is COCC(=O)N1CCCC(C(=O)N(C)c2sc(-c3cncc(F)c3)nc2C)C1. The number of pyridine rings is 1. The van der Waals surface area contributed by atoms with E-state index in [0.717, 1.165) is 19.0 Å². The Hall–Kier alpha value is -2.39. The van der Waals surface area contributed by atoms with Crippen molar-refractivity contribution in [2.75, 3.05) is 38.8 Å². The van der Waals surface area contributed by atoms with Crippen LogP contribution in [-0.4, -0.2) is 60.5 Å². The molecule has 0 aliphatic carbocycles. The van der Waals surface area contributed by atoms with Gasteiger partial charge in [-0.2, -0.15) is 0 Å². The zero-order valence-electron chi connectivity index (χ0n) is 16.1. The van der Waals surface area contributed by atoms with E-state index in [4.69, 9.17) is 4.74 Å². The van der Waals surface area contributed by atoms with E-state index >= 15 is 0 Å². The second kappa shape index (κ2) is 8.74. The Labute approximate surface area is 167 Å². The summed E-state index contributed by atoms with van der Waals surface area (Å²) >= 11 is 1.32. The standard InChI is InChI=1S/C19H23FN4O3S/c1-12-19(28-17(22-12)14-7-15(20)9-21-8-14)23(2)18(26)13-5-4-6-24(10-13)16(25)11-27-3/h7-9,13H,4-6,10-11H2,1-3H3. The van der Waals surface area contributed by atoms with Crippen molar-refractivity contribution in [1.82, 2.24) is 14.9 Å². The molecule has 150 valence electrons. The van der Waals surface area contributed by atoms with Crippen molar-refractivity contribution < 1.29 is 18.7 Å². The Balaban J connectivity index is 1.75. The van der Waals surface area contributed by atoms with Crippen LogP contribution in [0.5, 0.6) is 0 Å². The van der Waals surface area contributed by atoms with Crippen molar-refractivity contribution in [3.8, 4) is 10.6 Å². The number of ether oxygens (including phenoxy) is 1. The maximum absolute atomic E-state index is 13.5. The van der Waals surface area contributed by atoms with Crippen LogP contribution < -0.4 is 4.90 Å². The number of aromatic nitrogens is 2. The number of amides is 2. The molecule has 1 atom stereocenters. The number of piperidine rings is 1. The molecule has 0 radical (unpaired) electrons. The van der Waals surface area contributed by atoms with E-state index in [9.17, 15) is 14.0 Å². The van der Waals surface area contributed by atoms with Crippen LogP contribution in [0, 0.1) is 18.7 Å². The molecular formula is C19H23FN4O3S. The van der Waals surface area contributed by atoms with Gasteiger partial charge in [-0.15, -0.1) is 0 Å². The molecule has 3 rings (SSSR count). The average Bonchev–Trinajstić information content (AvgIpc) is 3.09. The highest BCUT2D eigenvalue weighted by atomic mass is 32.1. The summed E-state index contributed by atoms with van der Waals surface area (Å²) in [6.45, 7) is 2.88. The van der Waals surface area contributed by atoms with Gasteiger partial charge in [-0.1, -0.05) is 11.3 Å². The molecule has 1 aliphatic rings. The molecule has 2 amide bonds. The summed E-state index contributed by atoms with van der Waals surface area (Å²) in [6, 6.07) is 1.37. The topological polar surface area (TPSA) is 75.6 Å². The average molecular weight is 406 g/mol. The van der Waals surface area contributed by atoms with Crippen LogP contribution in [0.3, 0.4) is 0 Å². The van der Waals surface area contributed by atoms with Crippen molar-refractivity contribution in [2.24, 2.45) is 5.92 Å². The minimum absolute atomic E-state index is 0.0235. The Bertz CT molecular complexity index is 873. The van der Waals surface area contributed by atoms with Crippen LogP contribution in [-0.2, 0) is 14.3 Å². The number of rotatable bonds is 5. The van der Waals surface area contributed by atoms with E-state index in [1.165, 1.54) is 24.5 Å². The minimum atomic E-state index is -0.431. The maximum Gasteiger partial charge on any atom is 0.248 e. The number of aryl methyl sites for hydroxylation is 1. The molecule has 7 nitrogen and oxygen atoms in total. The van der Waals surface area contributed by atoms with Crippen LogP contribution in [0.2, 0.25) is 0 Å². The number of hydrogen-bond acceptors (Lipinski definition) is 6. The molecule has 0 spiro atoms. The predicted octanol–water partition coefficient (Wildman–Crippen LogP) is 2.50. The highest BCUT2D eigenvalue weighted by Crippen LogP contribution is 2.35. The highest BCUT2D eigenvalue weighted by molar-refractivity contribution is 7.19. The van der Waals surface area contributed by atoms with Gasteiger partial charge < -0.3 is 14.5 Å². The Morgan fingerprint density at radius 2 is 2.21 bits per heavy atom. The fourth-order valence-corrected chi connectivity index (χ4v) is 4.36. The van der Waals surface area contributed by atoms with Gasteiger partial charge >= 0.3 is 0 Å². The Morgan fingerprint density at radius 1 is 1.43 bits per heavy atom. The van der Waals surface area contributed by atoms with Crippen LogP contribution in [0.15, 0.2) is 18.5 Å². The van der Waals surface area contributed by atoms with Gasteiger partial charge in [-0.25, -0.2) is 9.37 Å². The molecule has 1 fully saturated rings. The first-order valence-corrected chi connectivity index (χ1v) is 9.85. The van der Waals surface area contributed by atoms with Crippen molar-refractivity contribution >= 4 is 28.2 Å². The van der Waals surface area contributed by atoms with Crippen LogP contribution in [0.25, 0.3) is 10.6 Å². The van der Waals surface area contributed by atoms with E-state index in [-0.39, 0.29) is 24.3 Å². The Kier molecular flexibility index (Phi) is 6.35. The molecule has 1 aliphatic heterocycles. The molecule has 2 aromatic rings. The molecule has 0 saturated carbocycles. The molecule has 9 heteroatoms. The number of thiazole rings is 1. The molecule has 0 N–H and O–H groups in total. The molecule has 1 saturated heterocycles. The van der Waals surface area contributed by atoms with E-state index in [1.807, 2.05) is 6.92 Å².